The minimum Gasteiger partial charge on any atom is -0.497 e. The van der Waals surface area contributed by atoms with Gasteiger partial charge in [0, 0.05) is 6.07 Å². The number of H-pyrrole nitrogens is 1. The van der Waals surface area contributed by atoms with Gasteiger partial charge in [-0.3, -0.25) is 4.79 Å². The summed E-state index contributed by atoms with van der Waals surface area (Å²) in [5.41, 5.74) is 1.43. The fourth-order valence-electron chi connectivity index (χ4n) is 2.03. The monoisotopic (exact) mass is 400 g/mol. The van der Waals surface area contributed by atoms with Gasteiger partial charge in [-0.15, -0.1) is 0 Å². The first-order valence-corrected chi connectivity index (χ1v) is 7.69. The molecule has 1 aromatic heterocycles. The van der Waals surface area contributed by atoms with Crippen molar-refractivity contribution in [2.24, 2.45) is 0 Å². The molecule has 0 unspecified atom stereocenters. The highest BCUT2D eigenvalue weighted by Gasteiger charge is 2.13. The van der Waals surface area contributed by atoms with Gasteiger partial charge in [-0.1, -0.05) is 13.3 Å². The lowest BCUT2D eigenvalue weighted by molar-refractivity contribution is 0.395. The lowest BCUT2D eigenvalue weighted by atomic mass is 10.1. The summed E-state index contributed by atoms with van der Waals surface area (Å²) in [7, 11) is 3.18. The Balaban J connectivity index is 2.58. The molecule has 21 heavy (non-hydrogen) atoms. The van der Waals surface area contributed by atoms with E-state index in [1.165, 1.54) is 0 Å². The SMILES string of the molecule is CCCc1nc(-c2ccc(OC)cc2OC)[nH]c(=O)c1I. The van der Waals surface area contributed by atoms with Crippen LogP contribution in [0.5, 0.6) is 11.5 Å². The average molecular weight is 400 g/mol. The fourth-order valence-corrected chi connectivity index (χ4v) is 2.55. The number of methoxy groups -OCH3 is 2. The van der Waals surface area contributed by atoms with Crippen LogP contribution < -0.4 is 15.0 Å². The van der Waals surface area contributed by atoms with Gasteiger partial charge in [-0.2, -0.15) is 0 Å². The highest BCUT2D eigenvalue weighted by molar-refractivity contribution is 14.1. The molecule has 2 aromatic rings. The molecular formula is C15H17IN2O3. The molecule has 0 radical (unpaired) electrons. The largest absolute Gasteiger partial charge is 0.497 e. The third-order valence-electron chi connectivity index (χ3n) is 3.08. The van der Waals surface area contributed by atoms with Crippen molar-refractivity contribution in [3.05, 3.63) is 37.8 Å². The van der Waals surface area contributed by atoms with Gasteiger partial charge < -0.3 is 14.5 Å². The number of hydrogen-bond donors (Lipinski definition) is 1. The molecule has 0 bridgehead atoms. The van der Waals surface area contributed by atoms with E-state index in [2.05, 4.69) is 16.9 Å². The first-order valence-electron chi connectivity index (χ1n) is 6.61. The van der Waals surface area contributed by atoms with E-state index in [0.717, 1.165) is 24.1 Å². The molecule has 0 amide bonds. The van der Waals surface area contributed by atoms with Gasteiger partial charge in [0.2, 0.25) is 0 Å². The number of nitrogens with one attached hydrogen (secondary N) is 1. The minimum atomic E-state index is -0.123. The summed E-state index contributed by atoms with van der Waals surface area (Å²) in [6.45, 7) is 2.06. The van der Waals surface area contributed by atoms with Crippen LogP contribution in [0.3, 0.4) is 0 Å². The molecule has 0 spiro atoms. The molecule has 0 saturated heterocycles. The fraction of sp³-hybridized carbons (Fsp3) is 0.333. The Hall–Kier alpha value is -1.57. The smallest absolute Gasteiger partial charge is 0.264 e. The average Bonchev–Trinajstić information content (AvgIpc) is 2.51. The zero-order valence-corrected chi connectivity index (χ0v) is 14.4. The van der Waals surface area contributed by atoms with Crippen molar-refractivity contribution in [1.29, 1.82) is 0 Å². The summed E-state index contributed by atoms with van der Waals surface area (Å²) in [6.07, 6.45) is 1.71. The lowest BCUT2D eigenvalue weighted by Gasteiger charge is -2.11. The third kappa shape index (κ3) is 3.37. The van der Waals surface area contributed by atoms with Crippen molar-refractivity contribution >= 4 is 22.6 Å². The van der Waals surface area contributed by atoms with Crippen LogP contribution in [-0.4, -0.2) is 24.2 Å². The molecule has 2 rings (SSSR count). The summed E-state index contributed by atoms with van der Waals surface area (Å²) >= 11 is 2.04. The predicted octanol–water partition coefficient (Wildman–Crippen LogP) is 3.01. The summed E-state index contributed by atoms with van der Waals surface area (Å²) in [5.74, 6) is 1.82. The molecule has 0 aliphatic rings. The molecule has 0 fully saturated rings. The summed E-state index contributed by atoms with van der Waals surface area (Å²) in [5, 5.41) is 0. The van der Waals surface area contributed by atoms with Crippen molar-refractivity contribution in [3.63, 3.8) is 0 Å². The maximum atomic E-state index is 12.1. The van der Waals surface area contributed by atoms with Gasteiger partial charge in [0.15, 0.2) is 0 Å². The van der Waals surface area contributed by atoms with Crippen LogP contribution in [0.1, 0.15) is 19.0 Å². The predicted molar refractivity (Wildman–Crippen MR) is 90.1 cm³/mol. The second kappa shape index (κ2) is 6.93. The van der Waals surface area contributed by atoms with Crippen molar-refractivity contribution in [2.45, 2.75) is 19.8 Å². The summed E-state index contributed by atoms with van der Waals surface area (Å²) in [4.78, 5) is 19.4. The number of hydrogen-bond acceptors (Lipinski definition) is 4. The van der Waals surface area contributed by atoms with Gasteiger partial charge in [0.05, 0.1) is 29.0 Å². The summed E-state index contributed by atoms with van der Waals surface area (Å²) < 4.78 is 11.2. The molecule has 1 heterocycles. The Morgan fingerprint density at radius 3 is 2.67 bits per heavy atom. The van der Waals surface area contributed by atoms with Crippen molar-refractivity contribution < 1.29 is 9.47 Å². The number of benzene rings is 1. The molecule has 1 N–H and O–H groups in total. The van der Waals surface area contributed by atoms with E-state index in [0.29, 0.717) is 20.9 Å². The third-order valence-corrected chi connectivity index (χ3v) is 4.19. The van der Waals surface area contributed by atoms with Crippen LogP contribution >= 0.6 is 22.6 Å². The van der Waals surface area contributed by atoms with Gasteiger partial charge in [0.25, 0.3) is 5.56 Å². The maximum Gasteiger partial charge on any atom is 0.264 e. The number of nitrogens with zero attached hydrogens (tertiary/aromatic N) is 1. The minimum absolute atomic E-state index is 0.123. The molecule has 0 atom stereocenters. The zero-order chi connectivity index (χ0) is 15.4. The normalized spacial score (nSPS) is 10.5. The standard InChI is InChI=1S/C15H17IN2O3/c1-4-5-11-13(16)15(19)18-14(17-11)10-7-6-9(20-2)8-12(10)21-3/h6-8H,4-5H2,1-3H3,(H,17,18,19). The Morgan fingerprint density at radius 2 is 2.05 bits per heavy atom. The number of rotatable bonds is 5. The van der Waals surface area contributed by atoms with Crippen LogP contribution in [0.25, 0.3) is 11.4 Å². The van der Waals surface area contributed by atoms with Crippen molar-refractivity contribution in [2.75, 3.05) is 14.2 Å². The Morgan fingerprint density at radius 1 is 1.29 bits per heavy atom. The van der Waals surface area contributed by atoms with Gasteiger partial charge >= 0.3 is 0 Å². The molecule has 6 heteroatoms. The Labute approximate surface area is 136 Å². The quantitative estimate of drug-likeness (QED) is 0.784. The highest BCUT2D eigenvalue weighted by Crippen LogP contribution is 2.31. The first kappa shape index (κ1) is 15.8. The molecular weight excluding hydrogens is 383 g/mol. The van der Waals surface area contributed by atoms with Gasteiger partial charge in [-0.05, 0) is 41.1 Å². The van der Waals surface area contributed by atoms with Gasteiger partial charge in [-0.25, -0.2) is 4.98 Å². The summed E-state index contributed by atoms with van der Waals surface area (Å²) in [6, 6.07) is 5.42. The molecule has 112 valence electrons. The second-order valence-corrected chi connectivity index (χ2v) is 5.57. The lowest BCUT2D eigenvalue weighted by Crippen LogP contribution is -2.16. The molecule has 1 aromatic carbocycles. The second-order valence-electron chi connectivity index (χ2n) is 4.49. The van der Waals surface area contributed by atoms with Crippen LogP contribution in [0, 0.1) is 3.57 Å². The van der Waals surface area contributed by atoms with E-state index in [-0.39, 0.29) is 5.56 Å². The van der Waals surface area contributed by atoms with E-state index in [1.807, 2.05) is 34.7 Å². The van der Waals surface area contributed by atoms with Crippen LogP contribution in [-0.2, 0) is 6.42 Å². The van der Waals surface area contributed by atoms with Gasteiger partial charge in [0.1, 0.15) is 17.3 Å². The van der Waals surface area contributed by atoms with E-state index >= 15 is 0 Å². The van der Waals surface area contributed by atoms with E-state index in [1.54, 1.807) is 20.3 Å². The number of aromatic nitrogens is 2. The van der Waals surface area contributed by atoms with Crippen molar-refractivity contribution in [3.8, 4) is 22.9 Å². The topological polar surface area (TPSA) is 64.2 Å². The maximum absolute atomic E-state index is 12.1. The Kier molecular flexibility index (Phi) is 5.22. The molecule has 0 aliphatic carbocycles. The van der Waals surface area contributed by atoms with Crippen LogP contribution in [0.15, 0.2) is 23.0 Å². The first-order chi connectivity index (χ1) is 10.1. The molecule has 0 saturated carbocycles. The highest BCUT2D eigenvalue weighted by atomic mass is 127. The van der Waals surface area contributed by atoms with E-state index < -0.39 is 0 Å². The molecule has 5 nitrogen and oxygen atoms in total. The van der Waals surface area contributed by atoms with E-state index in [4.69, 9.17) is 9.47 Å². The number of ether oxygens (including phenoxy) is 2. The number of halogens is 1. The van der Waals surface area contributed by atoms with Crippen molar-refractivity contribution in [1.82, 2.24) is 9.97 Å². The Bertz CT molecular complexity index is 698. The molecule has 0 aliphatic heterocycles. The number of aryl methyl sites for hydroxylation is 1. The zero-order valence-electron chi connectivity index (χ0n) is 12.2. The van der Waals surface area contributed by atoms with E-state index in [9.17, 15) is 4.79 Å². The van der Waals surface area contributed by atoms with Crippen LogP contribution in [0.2, 0.25) is 0 Å². The van der Waals surface area contributed by atoms with Crippen LogP contribution in [0.4, 0.5) is 0 Å². The number of aromatic amines is 1.